The van der Waals surface area contributed by atoms with Crippen molar-refractivity contribution < 1.29 is 14.3 Å². The van der Waals surface area contributed by atoms with Gasteiger partial charge in [0.05, 0.1) is 0 Å². The highest BCUT2D eigenvalue weighted by molar-refractivity contribution is 6.30. The first-order valence-electron chi connectivity index (χ1n) is 13.0. The van der Waals surface area contributed by atoms with Gasteiger partial charge in [0.1, 0.15) is 11.8 Å². The summed E-state index contributed by atoms with van der Waals surface area (Å²) in [7, 11) is 0. The van der Waals surface area contributed by atoms with Crippen LogP contribution in [0.4, 0.5) is 0 Å². The maximum Gasteiger partial charge on any atom is 0.261 e. The zero-order chi connectivity index (χ0) is 26.2. The van der Waals surface area contributed by atoms with E-state index in [2.05, 4.69) is 5.32 Å². The van der Waals surface area contributed by atoms with Crippen molar-refractivity contribution in [1.29, 1.82) is 0 Å². The summed E-state index contributed by atoms with van der Waals surface area (Å²) in [6.45, 7) is 4.14. The van der Waals surface area contributed by atoms with Crippen molar-refractivity contribution in [2.75, 3.05) is 6.61 Å². The second-order valence-electron chi connectivity index (χ2n) is 9.88. The van der Waals surface area contributed by atoms with Gasteiger partial charge in [-0.25, -0.2) is 0 Å². The Labute approximate surface area is 224 Å². The first-order valence-corrected chi connectivity index (χ1v) is 13.3. The number of aryl methyl sites for hydroxylation is 2. The molecule has 0 saturated heterocycles. The van der Waals surface area contributed by atoms with Crippen LogP contribution in [0.5, 0.6) is 5.75 Å². The molecule has 0 radical (unpaired) electrons. The molecule has 1 unspecified atom stereocenters. The van der Waals surface area contributed by atoms with Crippen molar-refractivity contribution in [2.45, 2.75) is 64.6 Å². The molecule has 0 spiro atoms. The van der Waals surface area contributed by atoms with Crippen LogP contribution in [0, 0.1) is 13.8 Å². The topological polar surface area (TPSA) is 58.6 Å². The summed E-state index contributed by atoms with van der Waals surface area (Å²) in [5.41, 5.74) is 4.11. The number of ether oxygens (including phenoxy) is 1. The number of amides is 2. The van der Waals surface area contributed by atoms with E-state index < -0.39 is 6.04 Å². The molecule has 5 nitrogen and oxygen atoms in total. The van der Waals surface area contributed by atoms with Gasteiger partial charge in [0.25, 0.3) is 5.91 Å². The lowest BCUT2D eigenvalue weighted by Crippen LogP contribution is -2.53. The van der Waals surface area contributed by atoms with Crippen LogP contribution in [0.2, 0.25) is 5.02 Å². The fraction of sp³-hybridized carbons (Fsp3) is 0.355. The number of rotatable bonds is 10. The van der Waals surface area contributed by atoms with Crippen LogP contribution in [-0.2, 0) is 22.6 Å². The minimum atomic E-state index is -0.683. The van der Waals surface area contributed by atoms with E-state index in [1.807, 2.05) is 80.6 Å². The largest absolute Gasteiger partial charge is 0.484 e. The maximum atomic E-state index is 13.7. The molecule has 0 aliphatic heterocycles. The predicted octanol–water partition coefficient (Wildman–Crippen LogP) is 6.03. The van der Waals surface area contributed by atoms with Crippen LogP contribution < -0.4 is 10.1 Å². The second-order valence-corrected chi connectivity index (χ2v) is 10.3. The van der Waals surface area contributed by atoms with Crippen LogP contribution >= 0.6 is 11.6 Å². The molecule has 194 valence electrons. The van der Waals surface area contributed by atoms with Crippen LogP contribution in [0.25, 0.3) is 0 Å². The molecule has 0 aromatic heterocycles. The minimum absolute atomic E-state index is 0.127. The van der Waals surface area contributed by atoms with Crippen molar-refractivity contribution in [1.82, 2.24) is 10.2 Å². The molecule has 2 amide bonds. The molecule has 1 aliphatic rings. The fourth-order valence-electron chi connectivity index (χ4n) is 4.79. The zero-order valence-electron chi connectivity index (χ0n) is 21.6. The molecule has 0 bridgehead atoms. The van der Waals surface area contributed by atoms with Gasteiger partial charge in [-0.3, -0.25) is 9.59 Å². The average Bonchev–Trinajstić information content (AvgIpc) is 3.40. The van der Waals surface area contributed by atoms with E-state index in [0.29, 0.717) is 17.2 Å². The van der Waals surface area contributed by atoms with E-state index >= 15 is 0 Å². The summed E-state index contributed by atoms with van der Waals surface area (Å²) >= 11 is 6.25. The van der Waals surface area contributed by atoms with E-state index in [9.17, 15) is 9.59 Å². The monoisotopic (exact) mass is 518 g/mol. The Balaban J connectivity index is 1.61. The van der Waals surface area contributed by atoms with Crippen molar-refractivity contribution in [3.8, 4) is 5.75 Å². The SMILES string of the molecule is Cc1ccc(OCC(=O)N(Cc2cccc(Cl)c2)C(Cc2ccccc2)C(=O)NC2CCCC2)cc1C. The van der Waals surface area contributed by atoms with Gasteiger partial charge in [0.2, 0.25) is 5.91 Å². The Morgan fingerprint density at radius 2 is 1.68 bits per heavy atom. The van der Waals surface area contributed by atoms with Crippen LogP contribution in [0.1, 0.15) is 47.9 Å². The molecule has 3 aromatic carbocycles. The molecule has 3 aromatic rings. The molecule has 1 N–H and O–H groups in total. The van der Waals surface area contributed by atoms with Gasteiger partial charge >= 0.3 is 0 Å². The highest BCUT2D eigenvalue weighted by Crippen LogP contribution is 2.22. The fourth-order valence-corrected chi connectivity index (χ4v) is 5.00. The highest BCUT2D eigenvalue weighted by atomic mass is 35.5. The molecule has 1 saturated carbocycles. The second kappa shape index (κ2) is 12.8. The van der Waals surface area contributed by atoms with E-state index in [-0.39, 0.29) is 31.0 Å². The van der Waals surface area contributed by atoms with Gasteiger partial charge in [0, 0.05) is 24.0 Å². The number of nitrogens with zero attached hydrogens (tertiary/aromatic N) is 1. The summed E-state index contributed by atoms with van der Waals surface area (Å²) in [5.74, 6) is 0.257. The Kier molecular flexibility index (Phi) is 9.24. The molecular formula is C31H35ClN2O3. The summed E-state index contributed by atoms with van der Waals surface area (Å²) in [6.07, 6.45) is 4.59. The quantitative estimate of drug-likeness (QED) is 0.356. The lowest BCUT2D eigenvalue weighted by Gasteiger charge is -2.32. The Bertz CT molecular complexity index is 1210. The third-order valence-corrected chi connectivity index (χ3v) is 7.29. The third-order valence-electron chi connectivity index (χ3n) is 7.06. The lowest BCUT2D eigenvalue weighted by atomic mass is 10.0. The van der Waals surface area contributed by atoms with Gasteiger partial charge in [-0.15, -0.1) is 0 Å². The molecule has 6 heteroatoms. The Morgan fingerprint density at radius 1 is 0.946 bits per heavy atom. The summed E-state index contributed by atoms with van der Waals surface area (Å²) in [4.78, 5) is 29.1. The standard InChI is InChI=1S/C31H35ClN2O3/c1-22-15-16-28(17-23(22)2)37-21-30(35)34(20-25-11-8-12-26(32)18-25)29(19-24-9-4-3-5-10-24)31(36)33-27-13-6-7-14-27/h3-5,8-12,15-18,27,29H,6-7,13-14,19-21H2,1-2H3,(H,33,36). The number of hydrogen-bond acceptors (Lipinski definition) is 3. The minimum Gasteiger partial charge on any atom is -0.484 e. The molecule has 1 fully saturated rings. The average molecular weight is 519 g/mol. The number of carbonyl (C=O) groups is 2. The Morgan fingerprint density at radius 3 is 2.38 bits per heavy atom. The maximum absolute atomic E-state index is 13.7. The molecule has 37 heavy (non-hydrogen) atoms. The number of carbonyl (C=O) groups excluding carboxylic acids is 2. The van der Waals surface area contributed by atoms with Crippen molar-refractivity contribution in [3.63, 3.8) is 0 Å². The van der Waals surface area contributed by atoms with Crippen molar-refractivity contribution >= 4 is 23.4 Å². The van der Waals surface area contributed by atoms with Gasteiger partial charge < -0.3 is 15.0 Å². The molecule has 1 aliphatic carbocycles. The van der Waals surface area contributed by atoms with Crippen LogP contribution in [-0.4, -0.2) is 35.4 Å². The smallest absolute Gasteiger partial charge is 0.261 e. The van der Waals surface area contributed by atoms with Crippen molar-refractivity contribution in [3.05, 3.63) is 100 Å². The number of hydrogen-bond donors (Lipinski definition) is 1. The Hall–Kier alpha value is -3.31. The zero-order valence-corrected chi connectivity index (χ0v) is 22.3. The number of halogens is 1. The van der Waals surface area contributed by atoms with E-state index in [0.717, 1.165) is 47.9 Å². The van der Waals surface area contributed by atoms with Gasteiger partial charge in [0.15, 0.2) is 6.61 Å². The molecular weight excluding hydrogens is 484 g/mol. The van der Waals surface area contributed by atoms with E-state index in [1.165, 1.54) is 0 Å². The summed E-state index contributed by atoms with van der Waals surface area (Å²) in [5, 5.41) is 3.81. The lowest BCUT2D eigenvalue weighted by molar-refractivity contribution is -0.143. The van der Waals surface area contributed by atoms with Gasteiger partial charge in [-0.1, -0.05) is 73.0 Å². The van der Waals surface area contributed by atoms with Crippen molar-refractivity contribution in [2.24, 2.45) is 0 Å². The van der Waals surface area contributed by atoms with Crippen LogP contribution in [0.15, 0.2) is 72.8 Å². The summed E-state index contributed by atoms with van der Waals surface area (Å²) in [6, 6.07) is 22.5. The normalized spacial score (nSPS) is 14.2. The molecule has 1 atom stereocenters. The first-order chi connectivity index (χ1) is 17.9. The highest BCUT2D eigenvalue weighted by Gasteiger charge is 2.32. The summed E-state index contributed by atoms with van der Waals surface area (Å²) < 4.78 is 5.91. The van der Waals surface area contributed by atoms with Crippen LogP contribution in [0.3, 0.4) is 0 Å². The predicted molar refractivity (Wildman–Crippen MR) is 148 cm³/mol. The molecule has 4 rings (SSSR count). The molecule has 0 heterocycles. The van der Waals surface area contributed by atoms with Gasteiger partial charge in [-0.05, 0) is 73.2 Å². The number of benzene rings is 3. The van der Waals surface area contributed by atoms with Gasteiger partial charge in [-0.2, -0.15) is 0 Å². The van der Waals surface area contributed by atoms with E-state index in [1.54, 1.807) is 11.0 Å². The third kappa shape index (κ3) is 7.59. The first kappa shape index (κ1) is 26.7. The number of nitrogens with one attached hydrogen (secondary N) is 1. The van der Waals surface area contributed by atoms with E-state index in [4.69, 9.17) is 16.3 Å².